The monoisotopic (exact) mass is 472 g/mol. The van der Waals surface area contributed by atoms with Crippen molar-refractivity contribution in [2.75, 3.05) is 10.6 Å². The van der Waals surface area contributed by atoms with Crippen LogP contribution in [0.3, 0.4) is 0 Å². The normalized spacial score (nSPS) is 10.9. The van der Waals surface area contributed by atoms with Crippen molar-refractivity contribution in [2.45, 2.75) is 33.7 Å². The fraction of sp³-hybridized carbons (Fsp3) is 0.185. The molecule has 0 aliphatic heterocycles. The van der Waals surface area contributed by atoms with E-state index in [1.54, 1.807) is 50.2 Å². The van der Waals surface area contributed by atoms with Crippen molar-refractivity contribution in [3.05, 3.63) is 88.0 Å². The molecule has 1 aromatic heterocycles. The lowest BCUT2D eigenvalue weighted by Crippen LogP contribution is -2.30. The Kier molecular flexibility index (Phi) is 6.73. The van der Waals surface area contributed by atoms with Crippen LogP contribution < -0.4 is 16.2 Å². The molecule has 8 heteroatoms. The van der Waals surface area contributed by atoms with Gasteiger partial charge >= 0.3 is 0 Å². The number of aromatic nitrogens is 2. The summed E-state index contributed by atoms with van der Waals surface area (Å²) in [4.78, 5) is 43.3. The summed E-state index contributed by atoms with van der Waals surface area (Å²) in [5, 5.41) is 5.58. The number of rotatable bonds is 6. The maximum Gasteiger partial charge on any atom is 0.278 e. The topological polar surface area (TPSA) is 93.1 Å². The van der Waals surface area contributed by atoms with Gasteiger partial charge in [-0.3, -0.25) is 19.0 Å². The first-order valence-corrected chi connectivity index (χ1v) is 11.2. The first-order chi connectivity index (χ1) is 16.8. The number of nitrogens with zero attached hydrogens (tertiary/aromatic N) is 2. The lowest BCUT2D eigenvalue weighted by molar-refractivity contribution is -0.117. The van der Waals surface area contributed by atoms with Gasteiger partial charge < -0.3 is 10.6 Å². The number of fused-ring (bicyclic) bond motifs is 1. The summed E-state index contributed by atoms with van der Waals surface area (Å²) in [5.41, 5.74) is 3.57. The molecule has 0 aliphatic rings. The molecule has 0 saturated carbocycles. The van der Waals surface area contributed by atoms with Gasteiger partial charge in [-0.25, -0.2) is 9.37 Å². The second kappa shape index (κ2) is 9.89. The Morgan fingerprint density at radius 1 is 0.943 bits per heavy atom. The van der Waals surface area contributed by atoms with Crippen LogP contribution in [0.5, 0.6) is 0 Å². The Bertz CT molecular complexity index is 1510. The van der Waals surface area contributed by atoms with Crippen LogP contribution in [0.4, 0.5) is 15.8 Å². The largest absolute Gasteiger partial charge is 0.325 e. The van der Waals surface area contributed by atoms with Gasteiger partial charge in [0.1, 0.15) is 18.1 Å². The predicted octanol–water partition coefficient (Wildman–Crippen LogP) is 4.81. The molecule has 0 spiro atoms. The minimum atomic E-state index is -0.465. The second-order valence-corrected chi connectivity index (χ2v) is 8.30. The molecule has 2 N–H and O–H groups in total. The van der Waals surface area contributed by atoms with Crippen molar-refractivity contribution in [2.24, 2.45) is 0 Å². The molecule has 0 atom stereocenters. The number of amides is 2. The molecule has 0 saturated heterocycles. The van der Waals surface area contributed by atoms with Gasteiger partial charge in [-0.15, -0.1) is 0 Å². The van der Waals surface area contributed by atoms with E-state index in [4.69, 9.17) is 0 Å². The smallest absolute Gasteiger partial charge is 0.278 e. The number of benzene rings is 3. The molecule has 0 unspecified atom stereocenters. The maximum atomic E-state index is 13.7. The number of carbonyl (C=O) groups is 2. The lowest BCUT2D eigenvalue weighted by atomic mass is 10.1. The third kappa shape index (κ3) is 5.11. The van der Waals surface area contributed by atoms with Crippen molar-refractivity contribution in [3.63, 3.8) is 0 Å². The molecule has 35 heavy (non-hydrogen) atoms. The maximum absolute atomic E-state index is 13.7. The Balaban J connectivity index is 1.81. The molecule has 4 aromatic rings. The zero-order chi connectivity index (χ0) is 25.1. The van der Waals surface area contributed by atoms with Gasteiger partial charge in [0.05, 0.1) is 16.7 Å². The van der Waals surface area contributed by atoms with Crippen LogP contribution in [0, 0.1) is 19.7 Å². The highest BCUT2D eigenvalue weighted by atomic mass is 19.1. The van der Waals surface area contributed by atoms with Crippen molar-refractivity contribution >= 4 is 34.2 Å². The minimum absolute atomic E-state index is 0.129. The SMILES string of the molecule is CCC(=O)Nc1ccc(C)cc1-c1nc2ccccc2n(CC(=O)Nc2ccc(F)cc2C)c1=O. The van der Waals surface area contributed by atoms with E-state index in [0.29, 0.717) is 33.5 Å². The van der Waals surface area contributed by atoms with Crippen LogP contribution >= 0.6 is 0 Å². The fourth-order valence-electron chi connectivity index (χ4n) is 3.83. The summed E-state index contributed by atoms with van der Waals surface area (Å²) in [6, 6.07) is 16.5. The molecule has 0 bridgehead atoms. The van der Waals surface area contributed by atoms with E-state index in [1.807, 2.05) is 13.0 Å². The summed E-state index contributed by atoms with van der Waals surface area (Å²) in [6.45, 7) is 5.04. The van der Waals surface area contributed by atoms with Gasteiger partial charge in [-0.1, -0.05) is 30.7 Å². The van der Waals surface area contributed by atoms with Crippen LogP contribution in [0.25, 0.3) is 22.3 Å². The molecule has 0 radical (unpaired) electrons. The first-order valence-electron chi connectivity index (χ1n) is 11.2. The number of hydrogen-bond donors (Lipinski definition) is 2. The van der Waals surface area contributed by atoms with E-state index in [1.165, 1.54) is 22.8 Å². The fourth-order valence-corrected chi connectivity index (χ4v) is 3.83. The van der Waals surface area contributed by atoms with Gasteiger partial charge in [0.2, 0.25) is 11.8 Å². The first kappa shape index (κ1) is 23.8. The number of halogens is 1. The third-order valence-corrected chi connectivity index (χ3v) is 5.64. The Labute approximate surface area is 201 Å². The minimum Gasteiger partial charge on any atom is -0.325 e. The van der Waals surface area contributed by atoms with E-state index in [-0.39, 0.29) is 24.6 Å². The molecule has 1 heterocycles. The van der Waals surface area contributed by atoms with E-state index < -0.39 is 17.3 Å². The standard InChI is InChI=1S/C27H25FN4O3/c1-4-24(33)30-21-11-9-16(2)13-19(21)26-27(35)32(23-8-6-5-7-22(23)31-26)15-25(34)29-20-12-10-18(28)14-17(20)3/h5-14H,4,15H2,1-3H3,(H,29,34)(H,30,33). The van der Waals surface area contributed by atoms with E-state index >= 15 is 0 Å². The highest BCUT2D eigenvalue weighted by Crippen LogP contribution is 2.27. The number of hydrogen-bond acceptors (Lipinski definition) is 4. The third-order valence-electron chi connectivity index (χ3n) is 5.64. The Morgan fingerprint density at radius 2 is 1.66 bits per heavy atom. The van der Waals surface area contributed by atoms with Gasteiger partial charge in [0.15, 0.2) is 0 Å². The molecule has 0 aliphatic carbocycles. The zero-order valence-electron chi connectivity index (χ0n) is 19.7. The van der Waals surface area contributed by atoms with Crippen molar-refractivity contribution < 1.29 is 14.0 Å². The number of para-hydroxylation sites is 2. The molecular formula is C27H25FN4O3. The van der Waals surface area contributed by atoms with Crippen molar-refractivity contribution in [1.29, 1.82) is 0 Å². The number of carbonyl (C=O) groups excluding carboxylic acids is 2. The van der Waals surface area contributed by atoms with Gasteiger partial charge in [-0.05, 0) is 61.9 Å². The highest BCUT2D eigenvalue weighted by molar-refractivity contribution is 5.96. The van der Waals surface area contributed by atoms with Crippen molar-refractivity contribution in [3.8, 4) is 11.3 Å². The van der Waals surface area contributed by atoms with E-state index in [9.17, 15) is 18.8 Å². The summed E-state index contributed by atoms with van der Waals surface area (Å²) in [6.07, 6.45) is 0.283. The Morgan fingerprint density at radius 3 is 2.40 bits per heavy atom. The van der Waals surface area contributed by atoms with Crippen LogP contribution in [-0.4, -0.2) is 21.4 Å². The average molecular weight is 473 g/mol. The molecule has 2 amide bonds. The van der Waals surface area contributed by atoms with Gasteiger partial charge in [0, 0.05) is 17.7 Å². The number of aryl methyl sites for hydroxylation is 2. The van der Waals surface area contributed by atoms with E-state index in [0.717, 1.165) is 5.56 Å². The predicted molar refractivity (Wildman–Crippen MR) is 135 cm³/mol. The highest BCUT2D eigenvalue weighted by Gasteiger charge is 2.19. The van der Waals surface area contributed by atoms with Crippen LogP contribution in [0.1, 0.15) is 24.5 Å². The van der Waals surface area contributed by atoms with Crippen molar-refractivity contribution in [1.82, 2.24) is 9.55 Å². The molecule has 3 aromatic carbocycles. The molecule has 7 nitrogen and oxygen atoms in total. The molecule has 0 fully saturated rings. The molecular weight excluding hydrogens is 447 g/mol. The van der Waals surface area contributed by atoms with Gasteiger partial charge in [-0.2, -0.15) is 0 Å². The quantitative estimate of drug-likeness (QED) is 0.421. The summed E-state index contributed by atoms with van der Waals surface area (Å²) in [7, 11) is 0. The number of anilines is 2. The van der Waals surface area contributed by atoms with Crippen LogP contribution in [0.2, 0.25) is 0 Å². The number of nitrogens with one attached hydrogen (secondary N) is 2. The summed E-state index contributed by atoms with van der Waals surface area (Å²) >= 11 is 0. The molecule has 178 valence electrons. The second-order valence-electron chi connectivity index (χ2n) is 8.30. The average Bonchev–Trinajstić information content (AvgIpc) is 2.83. The van der Waals surface area contributed by atoms with E-state index in [2.05, 4.69) is 15.6 Å². The zero-order valence-corrected chi connectivity index (χ0v) is 19.7. The summed E-state index contributed by atoms with van der Waals surface area (Å²) in [5.74, 6) is -1.02. The summed E-state index contributed by atoms with van der Waals surface area (Å²) < 4.78 is 14.8. The van der Waals surface area contributed by atoms with Crippen LogP contribution in [-0.2, 0) is 16.1 Å². The molecule has 4 rings (SSSR count). The van der Waals surface area contributed by atoms with Crippen LogP contribution in [0.15, 0.2) is 65.5 Å². The lowest BCUT2D eigenvalue weighted by Gasteiger charge is -2.15. The Hall–Kier alpha value is -4.33. The van der Waals surface area contributed by atoms with Gasteiger partial charge in [0.25, 0.3) is 5.56 Å².